The quantitative estimate of drug-likeness (QED) is 0.314. The first-order valence-corrected chi connectivity index (χ1v) is 12.9. The van der Waals surface area contributed by atoms with Gasteiger partial charge in [0.1, 0.15) is 0 Å². The number of nitrogens with zero attached hydrogens (tertiary/aromatic N) is 5. The van der Waals surface area contributed by atoms with Crippen molar-refractivity contribution in [3.8, 4) is 0 Å². The summed E-state index contributed by atoms with van der Waals surface area (Å²) in [6, 6.07) is 9.09. The number of hydrogen-bond acceptors (Lipinski definition) is 7. The molecule has 5 N–H and O–H groups in total. The Kier molecular flexibility index (Phi) is 7.01. The number of likely N-dealkylation sites (N-methyl/N-ethyl adjacent to an activating group) is 1. The molecule has 1 aromatic heterocycles. The van der Waals surface area contributed by atoms with Crippen molar-refractivity contribution in [1.29, 1.82) is 0 Å². The van der Waals surface area contributed by atoms with E-state index in [-0.39, 0.29) is 17.3 Å². The fourth-order valence-electron chi connectivity index (χ4n) is 5.50. The number of hydrazine groups is 1. The molecule has 3 heterocycles. The summed E-state index contributed by atoms with van der Waals surface area (Å²) < 4.78 is 43.1. The number of likely N-dealkylation sites (tertiary alicyclic amines) is 1. The standard InChI is InChI=1S/C28H33F3N8O/c1-16-5-6-18(7-26(16)39(33)15-25(32)24-12-34-37(4)17(24)2)27(40)35-20-8-19(28(29,30)31)9-21(10-20)38-14-22-11-23(38)13-36(22)3/h5-10,12,15,22-23H,11,13-14,32-33H2,1-4H3,(H,35,40)/b25-15-. The van der Waals surface area contributed by atoms with E-state index < -0.39 is 17.6 Å². The third kappa shape index (κ3) is 5.24. The van der Waals surface area contributed by atoms with Gasteiger partial charge >= 0.3 is 6.18 Å². The van der Waals surface area contributed by atoms with Crippen molar-refractivity contribution < 1.29 is 18.0 Å². The van der Waals surface area contributed by atoms with Gasteiger partial charge in [0.2, 0.25) is 0 Å². The maximum absolute atomic E-state index is 13.8. The first-order chi connectivity index (χ1) is 18.8. The summed E-state index contributed by atoms with van der Waals surface area (Å²) in [5.74, 6) is 5.74. The maximum atomic E-state index is 13.8. The predicted octanol–water partition coefficient (Wildman–Crippen LogP) is 3.84. The minimum atomic E-state index is -4.55. The molecular formula is C28H33F3N8O. The summed E-state index contributed by atoms with van der Waals surface area (Å²) in [6.07, 6.45) is -0.467. The molecule has 2 saturated heterocycles. The molecule has 2 aromatic carbocycles. The number of carbonyl (C=O) groups excluding carboxylic acids is 1. The zero-order chi connectivity index (χ0) is 28.9. The average molecular weight is 555 g/mol. The number of nitrogens with two attached hydrogens (primary N) is 2. The SMILES string of the molecule is Cc1ccc(C(=O)Nc2cc(N3CC4CC3CN4C)cc(C(F)(F)F)c2)cc1N(N)/C=C(\N)c1cnn(C)c1C. The van der Waals surface area contributed by atoms with Crippen LogP contribution in [0.2, 0.25) is 0 Å². The van der Waals surface area contributed by atoms with Crippen LogP contribution in [-0.4, -0.2) is 52.8 Å². The lowest BCUT2D eigenvalue weighted by molar-refractivity contribution is -0.137. The van der Waals surface area contributed by atoms with E-state index in [2.05, 4.69) is 15.3 Å². The summed E-state index contributed by atoms with van der Waals surface area (Å²) >= 11 is 0. The summed E-state index contributed by atoms with van der Waals surface area (Å²) in [5, 5.41) is 8.17. The topological polar surface area (TPSA) is 109 Å². The van der Waals surface area contributed by atoms with Crippen molar-refractivity contribution in [3.05, 3.63) is 76.7 Å². The second-order valence-corrected chi connectivity index (χ2v) is 10.6. The van der Waals surface area contributed by atoms with Crippen LogP contribution in [0.1, 0.15) is 39.2 Å². The van der Waals surface area contributed by atoms with Gasteiger partial charge in [-0.05, 0) is 63.2 Å². The van der Waals surface area contributed by atoms with E-state index in [4.69, 9.17) is 11.6 Å². The van der Waals surface area contributed by atoms with Crippen LogP contribution in [0.4, 0.5) is 30.2 Å². The number of piperazine rings is 1. The van der Waals surface area contributed by atoms with E-state index in [1.54, 1.807) is 42.2 Å². The maximum Gasteiger partial charge on any atom is 0.416 e. The van der Waals surface area contributed by atoms with E-state index in [1.165, 1.54) is 11.2 Å². The number of hydrogen-bond donors (Lipinski definition) is 3. The second-order valence-electron chi connectivity index (χ2n) is 10.6. The Morgan fingerprint density at radius 2 is 1.88 bits per heavy atom. The van der Waals surface area contributed by atoms with Crippen LogP contribution >= 0.6 is 0 Å². The molecule has 1 amide bonds. The molecule has 0 aliphatic carbocycles. The molecule has 0 spiro atoms. The fraction of sp³-hybridized carbons (Fsp3) is 0.357. The lowest BCUT2D eigenvalue weighted by Gasteiger charge is -2.34. The molecule has 9 nitrogen and oxygen atoms in total. The Labute approximate surface area is 230 Å². The number of halogens is 3. The van der Waals surface area contributed by atoms with Crippen LogP contribution in [0, 0.1) is 13.8 Å². The van der Waals surface area contributed by atoms with Gasteiger partial charge < -0.3 is 16.0 Å². The van der Waals surface area contributed by atoms with E-state index in [9.17, 15) is 18.0 Å². The highest BCUT2D eigenvalue weighted by Crippen LogP contribution is 2.39. The average Bonchev–Trinajstić information content (AvgIpc) is 3.57. The molecule has 0 saturated carbocycles. The predicted molar refractivity (Wildman–Crippen MR) is 150 cm³/mol. The molecule has 2 aliphatic rings. The molecule has 0 radical (unpaired) electrons. The summed E-state index contributed by atoms with van der Waals surface area (Å²) in [6.45, 7) is 5.16. The first-order valence-electron chi connectivity index (χ1n) is 12.9. The number of alkyl halides is 3. The molecule has 5 rings (SSSR count). The molecule has 212 valence electrons. The Morgan fingerprint density at radius 1 is 1.12 bits per heavy atom. The number of benzene rings is 2. The Balaban J connectivity index is 1.40. The number of carbonyl (C=O) groups is 1. The Bertz CT molecular complexity index is 1480. The molecule has 2 atom stereocenters. The van der Waals surface area contributed by atoms with Crippen molar-refractivity contribution in [2.24, 2.45) is 18.6 Å². The van der Waals surface area contributed by atoms with Crippen molar-refractivity contribution in [2.75, 3.05) is 35.4 Å². The Hall–Kier alpha value is -4.03. The third-order valence-electron chi connectivity index (χ3n) is 7.92. The highest BCUT2D eigenvalue weighted by atomic mass is 19.4. The lowest BCUT2D eigenvalue weighted by atomic mass is 10.1. The molecular weight excluding hydrogens is 521 g/mol. The van der Waals surface area contributed by atoms with E-state index in [0.717, 1.165) is 41.9 Å². The number of rotatable bonds is 6. The van der Waals surface area contributed by atoms with Gasteiger partial charge in [0, 0.05) is 66.6 Å². The highest BCUT2D eigenvalue weighted by Gasteiger charge is 2.42. The van der Waals surface area contributed by atoms with Crippen molar-refractivity contribution in [1.82, 2.24) is 14.7 Å². The monoisotopic (exact) mass is 554 g/mol. The number of aryl methyl sites for hydroxylation is 2. The van der Waals surface area contributed by atoms with Crippen molar-refractivity contribution in [3.63, 3.8) is 0 Å². The van der Waals surface area contributed by atoms with Gasteiger partial charge in [-0.3, -0.25) is 19.4 Å². The van der Waals surface area contributed by atoms with Crippen LogP contribution in [0.3, 0.4) is 0 Å². The molecule has 2 fully saturated rings. The summed E-state index contributed by atoms with van der Waals surface area (Å²) in [4.78, 5) is 17.5. The van der Waals surface area contributed by atoms with Gasteiger partial charge in [0.25, 0.3) is 5.91 Å². The minimum Gasteiger partial charge on any atom is -0.397 e. The van der Waals surface area contributed by atoms with Crippen LogP contribution in [0.15, 0.2) is 48.8 Å². The van der Waals surface area contributed by atoms with Crippen LogP contribution in [-0.2, 0) is 13.2 Å². The number of anilines is 3. The van der Waals surface area contributed by atoms with Crippen molar-refractivity contribution >= 4 is 28.7 Å². The number of nitrogens with one attached hydrogen (secondary N) is 1. The zero-order valence-corrected chi connectivity index (χ0v) is 22.8. The van der Waals surface area contributed by atoms with Crippen molar-refractivity contribution in [2.45, 2.75) is 38.5 Å². The molecule has 12 heteroatoms. The Morgan fingerprint density at radius 3 is 2.48 bits per heavy atom. The van der Waals surface area contributed by atoms with E-state index in [0.29, 0.717) is 29.7 Å². The van der Waals surface area contributed by atoms with E-state index >= 15 is 0 Å². The summed E-state index contributed by atoms with van der Waals surface area (Å²) in [7, 11) is 3.84. The van der Waals surface area contributed by atoms with Gasteiger partial charge in [-0.2, -0.15) is 18.3 Å². The molecule has 3 aromatic rings. The number of fused-ring (bicyclic) bond motifs is 2. The summed E-state index contributed by atoms with van der Waals surface area (Å²) in [5.41, 5.74) is 9.48. The molecule has 40 heavy (non-hydrogen) atoms. The van der Waals surface area contributed by atoms with Crippen LogP contribution in [0.25, 0.3) is 5.70 Å². The van der Waals surface area contributed by atoms with Crippen LogP contribution < -0.4 is 26.8 Å². The van der Waals surface area contributed by atoms with Crippen LogP contribution in [0.5, 0.6) is 0 Å². The van der Waals surface area contributed by atoms with Gasteiger partial charge in [-0.25, -0.2) is 5.84 Å². The van der Waals surface area contributed by atoms with Gasteiger partial charge in [-0.15, -0.1) is 0 Å². The molecule has 2 aliphatic heterocycles. The third-order valence-corrected chi connectivity index (χ3v) is 7.92. The van der Waals surface area contributed by atoms with Gasteiger partial charge in [0.05, 0.1) is 23.1 Å². The van der Waals surface area contributed by atoms with E-state index in [1.807, 2.05) is 25.8 Å². The lowest BCUT2D eigenvalue weighted by Crippen LogP contribution is -2.44. The number of aromatic nitrogens is 2. The minimum absolute atomic E-state index is 0.0777. The zero-order valence-electron chi connectivity index (χ0n) is 22.8. The van der Waals surface area contributed by atoms with Gasteiger partial charge in [-0.1, -0.05) is 6.07 Å². The fourth-order valence-corrected chi connectivity index (χ4v) is 5.50. The smallest absolute Gasteiger partial charge is 0.397 e. The van der Waals surface area contributed by atoms with Gasteiger partial charge in [0.15, 0.2) is 0 Å². The first kappa shape index (κ1) is 27.5. The largest absolute Gasteiger partial charge is 0.416 e. The number of amides is 1. The normalized spacial score (nSPS) is 19.4. The molecule has 2 bridgehead atoms. The second kappa shape index (κ2) is 10.2. The molecule has 2 unspecified atom stereocenters. The highest BCUT2D eigenvalue weighted by molar-refractivity contribution is 6.05.